The molecule has 3 aromatic rings. The number of aromatic nitrogens is 3. The van der Waals surface area contributed by atoms with Gasteiger partial charge in [0.15, 0.2) is 0 Å². The van der Waals surface area contributed by atoms with E-state index in [0.717, 1.165) is 65.9 Å². The summed E-state index contributed by atoms with van der Waals surface area (Å²) in [6, 6.07) is 3.86. The van der Waals surface area contributed by atoms with Crippen molar-refractivity contribution in [3.05, 3.63) is 40.8 Å². The van der Waals surface area contributed by atoms with E-state index in [1.807, 2.05) is 30.2 Å². The standard InChI is InChI=1S/C21H23N5O3/c1-13-18-19(15-4-3-5-16(15)23-20(18)29-24-13)21(27)26-10-8-25(9-11-26)14-6-7-17(28-2)22-12-14/h6-7,12H,3-5,8-11H2,1-2H3. The molecule has 1 amide bonds. The lowest BCUT2D eigenvalue weighted by Gasteiger charge is -2.36. The third-order valence-electron chi connectivity index (χ3n) is 5.90. The number of anilines is 1. The molecule has 1 aliphatic carbocycles. The average Bonchev–Trinajstić information content (AvgIpc) is 3.38. The monoisotopic (exact) mass is 393 g/mol. The predicted octanol–water partition coefficient (Wildman–Crippen LogP) is 2.39. The summed E-state index contributed by atoms with van der Waals surface area (Å²) in [6.45, 7) is 4.72. The Bertz CT molecular complexity index is 1070. The van der Waals surface area contributed by atoms with Gasteiger partial charge >= 0.3 is 0 Å². The van der Waals surface area contributed by atoms with E-state index < -0.39 is 0 Å². The number of carbonyl (C=O) groups is 1. The highest BCUT2D eigenvalue weighted by molar-refractivity contribution is 6.07. The van der Waals surface area contributed by atoms with E-state index in [1.165, 1.54) is 0 Å². The van der Waals surface area contributed by atoms with Gasteiger partial charge in [0.2, 0.25) is 5.88 Å². The Morgan fingerprint density at radius 2 is 2.00 bits per heavy atom. The number of hydrogen-bond acceptors (Lipinski definition) is 7. The fraction of sp³-hybridized carbons (Fsp3) is 0.429. The summed E-state index contributed by atoms with van der Waals surface area (Å²) in [4.78, 5) is 26.6. The van der Waals surface area contributed by atoms with Crippen LogP contribution in [0.3, 0.4) is 0 Å². The van der Waals surface area contributed by atoms with Crippen LogP contribution in [0.5, 0.6) is 5.88 Å². The van der Waals surface area contributed by atoms with Gasteiger partial charge in [-0.3, -0.25) is 4.79 Å². The summed E-state index contributed by atoms with van der Waals surface area (Å²) in [7, 11) is 1.61. The van der Waals surface area contributed by atoms with Gasteiger partial charge in [-0.1, -0.05) is 5.16 Å². The lowest BCUT2D eigenvalue weighted by Crippen LogP contribution is -2.49. The summed E-state index contributed by atoms with van der Waals surface area (Å²) < 4.78 is 10.5. The van der Waals surface area contributed by atoms with Gasteiger partial charge in [-0.15, -0.1) is 0 Å². The van der Waals surface area contributed by atoms with Gasteiger partial charge in [-0.2, -0.15) is 0 Å². The number of aryl methyl sites for hydroxylation is 2. The van der Waals surface area contributed by atoms with Crippen LogP contribution in [-0.4, -0.2) is 59.2 Å². The smallest absolute Gasteiger partial charge is 0.259 e. The lowest BCUT2D eigenvalue weighted by molar-refractivity contribution is 0.0747. The molecule has 3 aromatic heterocycles. The molecule has 0 spiro atoms. The van der Waals surface area contributed by atoms with E-state index >= 15 is 0 Å². The number of amides is 1. The molecular formula is C21H23N5O3. The summed E-state index contributed by atoms with van der Waals surface area (Å²) in [5.41, 5.74) is 5.07. The van der Waals surface area contributed by atoms with Crippen molar-refractivity contribution in [2.45, 2.75) is 26.2 Å². The minimum atomic E-state index is 0.0642. The molecular weight excluding hydrogens is 370 g/mol. The van der Waals surface area contributed by atoms with Gasteiger partial charge in [0.05, 0.1) is 35.6 Å². The van der Waals surface area contributed by atoms with Crippen LogP contribution in [0.2, 0.25) is 0 Å². The molecule has 0 saturated carbocycles. The average molecular weight is 393 g/mol. The normalized spacial score (nSPS) is 16.3. The van der Waals surface area contributed by atoms with Gasteiger partial charge in [-0.05, 0) is 37.8 Å². The Morgan fingerprint density at radius 3 is 2.72 bits per heavy atom. The van der Waals surface area contributed by atoms with Crippen molar-refractivity contribution in [2.75, 3.05) is 38.2 Å². The maximum absolute atomic E-state index is 13.5. The molecule has 150 valence electrons. The number of ether oxygens (including phenoxy) is 1. The highest BCUT2D eigenvalue weighted by Crippen LogP contribution is 2.33. The Balaban J connectivity index is 1.39. The molecule has 1 aliphatic heterocycles. The molecule has 0 atom stereocenters. The first-order chi connectivity index (χ1) is 14.2. The quantitative estimate of drug-likeness (QED) is 0.675. The molecule has 0 N–H and O–H groups in total. The Labute approximate surface area is 168 Å². The van der Waals surface area contributed by atoms with E-state index in [9.17, 15) is 4.79 Å². The van der Waals surface area contributed by atoms with Crippen LogP contribution in [0.1, 0.15) is 33.7 Å². The number of carbonyl (C=O) groups excluding carboxylic acids is 1. The summed E-state index contributed by atoms with van der Waals surface area (Å²) >= 11 is 0. The minimum Gasteiger partial charge on any atom is -0.481 e. The molecule has 8 nitrogen and oxygen atoms in total. The summed E-state index contributed by atoms with van der Waals surface area (Å²) in [5.74, 6) is 0.663. The van der Waals surface area contributed by atoms with Crippen LogP contribution in [0.25, 0.3) is 11.1 Å². The maximum Gasteiger partial charge on any atom is 0.259 e. The second-order valence-electron chi connectivity index (χ2n) is 7.55. The largest absolute Gasteiger partial charge is 0.481 e. The molecule has 8 heteroatoms. The molecule has 29 heavy (non-hydrogen) atoms. The fourth-order valence-electron chi connectivity index (χ4n) is 4.36. The second-order valence-corrected chi connectivity index (χ2v) is 7.55. The zero-order chi connectivity index (χ0) is 20.0. The Kier molecular flexibility index (Phi) is 4.34. The van der Waals surface area contributed by atoms with Crippen molar-refractivity contribution < 1.29 is 14.1 Å². The highest BCUT2D eigenvalue weighted by atomic mass is 16.5. The topological polar surface area (TPSA) is 84.6 Å². The van der Waals surface area contributed by atoms with Crippen LogP contribution in [0.15, 0.2) is 22.9 Å². The van der Waals surface area contributed by atoms with Crippen molar-refractivity contribution in [3.63, 3.8) is 0 Å². The van der Waals surface area contributed by atoms with Crippen LogP contribution in [0, 0.1) is 6.92 Å². The van der Waals surface area contributed by atoms with Crippen molar-refractivity contribution in [1.29, 1.82) is 0 Å². The predicted molar refractivity (Wildman–Crippen MR) is 107 cm³/mol. The first kappa shape index (κ1) is 17.9. The van der Waals surface area contributed by atoms with Crippen LogP contribution in [-0.2, 0) is 12.8 Å². The van der Waals surface area contributed by atoms with Crippen LogP contribution >= 0.6 is 0 Å². The number of methoxy groups -OCH3 is 1. The third kappa shape index (κ3) is 2.99. The second kappa shape index (κ2) is 7.02. The first-order valence-electron chi connectivity index (χ1n) is 9.97. The molecule has 0 unspecified atom stereocenters. The number of rotatable bonds is 3. The minimum absolute atomic E-state index is 0.0642. The number of piperazine rings is 1. The lowest BCUT2D eigenvalue weighted by atomic mass is 10.0. The van der Waals surface area contributed by atoms with Crippen molar-refractivity contribution >= 4 is 22.7 Å². The molecule has 4 heterocycles. The number of fused-ring (bicyclic) bond motifs is 2. The number of hydrogen-bond donors (Lipinski definition) is 0. The zero-order valence-electron chi connectivity index (χ0n) is 16.6. The van der Waals surface area contributed by atoms with E-state index in [-0.39, 0.29) is 5.91 Å². The van der Waals surface area contributed by atoms with Gasteiger partial charge in [0, 0.05) is 37.9 Å². The SMILES string of the molecule is COc1ccc(N2CCN(C(=O)c3c4c(nc5onc(C)c35)CCC4)CC2)cn1. The molecule has 0 bridgehead atoms. The van der Waals surface area contributed by atoms with E-state index in [1.54, 1.807) is 7.11 Å². The van der Waals surface area contributed by atoms with Crippen molar-refractivity contribution in [2.24, 2.45) is 0 Å². The van der Waals surface area contributed by atoms with Crippen LogP contribution in [0.4, 0.5) is 5.69 Å². The van der Waals surface area contributed by atoms with Crippen molar-refractivity contribution in [1.82, 2.24) is 20.0 Å². The van der Waals surface area contributed by atoms with Crippen LogP contribution < -0.4 is 9.64 Å². The molecule has 2 aliphatic rings. The molecule has 0 radical (unpaired) electrons. The van der Waals surface area contributed by atoms with Crippen molar-refractivity contribution in [3.8, 4) is 5.88 Å². The summed E-state index contributed by atoms with van der Waals surface area (Å²) in [6.07, 6.45) is 4.63. The summed E-state index contributed by atoms with van der Waals surface area (Å²) in [5, 5.41) is 4.83. The van der Waals surface area contributed by atoms with Gasteiger partial charge in [-0.25, -0.2) is 9.97 Å². The zero-order valence-corrected chi connectivity index (χ0v) is 16.6. The fourth-order valence-corrected chi connectivity index (χ4v) is 4.36. The molecule has 0 aromatic carbocycles. The number of nitrogens with zero attached hydrogens (tertiary/aromatic N) is 5. The van der Waals surface area contributed by atoms with Gasteiger partial charge in [0.25, 0.3) is 11.6 Å². The van der Waals surface area contributed by atoms with Gasteiger partial charge in [0.1, 0.15) is 0 Å². The molecule has 5 rings (SSSR count). The Morgan fingerprint density at radius 1 is 1.17 bits per heavy atom. The van der Waals surface area contributed by atoms with E-state index in [2.05, 4.69) is 20.0 Å². The van der Waals surface area contributed by atoms with E-state index in [0.29, 0.717) is 24.7 Å². The first-order valence-corrected chi connectivity index (χ1v) is 9.97. The van der Waals surface area contributed by atoms with Gasteiger partial charge < -0.3 is 19.1 Å². The highest BCUT2D eigenvalue weighted by Gasteiger charge is 2.31. The molecule has 1 saturated heterocycles. The third-order valence-corrected chi connectivity index (χ3v) is 5.90. The Hall–Kier alpha value is -3.16. The van der Waals surface area contributed by atoms with E-state index in [4.69, 9.17) is 9.26 Å². The maximum atomic E-state index is 13.5. The molecule has 1 fully saturated rings. The number of pyridine rings is 2.